The maximum Gasteiger partial charge on any atom is 0.314 e. The van der Waals surface area contributed by atoms with Crippen molar-refractivity contribution in [1.29, 1.82) is 0 Å². The molecule has 4 heteroatoms. The van der Waals surface area contributed by atoms with Gasteiger partial charge in [-0.2, -0.15) is 0 Å². The van der Waals surface area contributed by atoms with Crippen LogP contribution in [-0.4, -0.2) is 19.7 Å². The zero-order chi connectivity index (χ0) is 17.7. The minimum absolute atomic E-state index is 0.208. The lowest BCUT2D eigenvalue weighted by Gasteiger charge is -2.33. The average Bonchev–Trinajstić information content (AvgIpc) is 2.57. The van der Waals surface area contributed by atoms with Gasteiger partial charge in [0.1, 0.15) is 5.75 Å². The Morgan fingerprint density at radius 1 is 1.08 bits per heavy atom. The third kappa shape index (κ3) is 3.99. The summed E-state index contributed by atoms with van der Waals surface area (Å²) in [7, 11) is 1.64. The molecule has 128 valence electrons. The van der Waals surface area contributed by atoms with Crippen molar-refractivity contribution in [2.24, 2.45) is 0 Å². The summed E-state index contributed by atoms with van der Waals surface area (Å²) in [5.41, 5.74) is 1.58. The molecule has 0 saturated heterocycles. The van der Waals surface area contributed by atoms with Crippen LogP contribution in [0.5, 0.6) is 5.75 Å². The van der Waals surface area contributed by atoms with Crippen LogP contribution in [0.3, 0.4) is 0 Å². The molecule has 0 saturated carbocycles. The van der Waals surface area contributed by atoms with E-state index < -0.39 is 5.41 Å². The average molecular weight is 391 g/mol. The molecule has 0 aliphatic carbocycles. The normalized spacial score (nSPS) is 12.5. The number of esters is 1. The van der Waals surface area contributed by atoms with E-state index in [-0.39, 0.29) is 11.9 Å². The van der Waals surface area contributed by atoms with Crippen molar-refractivity contribution < 1.29 is 14.3 Å². The summed E-state index contributed by atoms with van der Waals surface area (Å²) in [5, 5.41) is 0. The zero-order valence-electron chi connectivity index (χ0n) is 14.5. The van der Waals surface area contributed by atoms with Gasteiger partial charge in [0.15, 0.2) is 0 Å². The molecule has 0 aromatic heterocycles. The van der Waals surface area contributed by atoms with Gasteiger partial charge in [-0.05, 0) is 42.3 Å². The van der Waals surface area contributed by atoms with E-state index in [4.69, 9.17) is 9.47 Å². The number of carbonyl (C=O) groups is 1. The molecule has 0 spiro atoms. The fraction of sp³-hybridized carbons (Fsp3) is 0.350. The predicted octanol–water partition coefficient (Wildman–Crippen LogP) is 5.08. The minimum Gasteiger partial charge on any atom is -0.497 e. The predicted molar refractivity (Wildman–Crippen MR) is 99.5 cm³/mol. The Kier molecular flexibility index (Phi) is 6.05. The minimum atomic E-state index is -0.424. The standard InChI is InChI=1S/C20H23BrO3/c1-5-24-19(22)18(14-6-10-16(21)11-7-14)20(2,3)15-8-12-17(23-4)13-9-15/h6-13,18H,5H2,1-4H3/t18-/m1/s1. The van der Waals surface area contributed by atoms with Crippen molar-refractivity contribution >= 4 is 21.9 Å². The molecule has 0 N–H and O–H groups in total. The Bertz CT molecular complexity index is 675. The first kappa shape index (κ1) is 18.5. The lowest BCUT2D eigenvalue weighted by Crippen LogP contribution is -2.34. The van der Waals surface area contributed by atoms with Crippen molar-refractivity contribution in [1.82, 2.24) is 0 Å². The van der Waals surface area contributed by atoms with E-state index in [0.717, 1.165) is 21.3 Å². The SMILES string of the molecule is CCOC(=O)[C@@H](c1ccc(Br)cc1)C(C)(C)c1ccc(OC)cc1. The number of rotatable bonds is 6. The Hall–Kier alpha value is -1.81. The van der Waals surface area contributed by atoms with E-state index in [9.17, 15) is 4.79 Å². The molecule has 2 aromatic carbocycles. The highest BCUT2D eigenvalue weighted by Crippen LogP contribution is 2.40. The van der Waals surface area contributed by atoms with Gasteiger partial charge in [0.2, 0.25) is 0 Å². The molecule has 0 amide bonds. The summed E-state index contributed by atoms with van der Waals surface area (Å²) in [6.07, 6.45) is 0. The summed E-state index contributed by atoms with van der Waals surface area (Å²) in [6.45, 7) is 6.33. The Balaban J connectivity index is 2.46. The number of benzene rings is 2. The fourth-order valence-corrected chi connectivity index (χ4v) is 3.18. The summed E-state index contributed by atoms with van der Waals surface area (Å²) in [4.78, 5) is 12.7. The van der Waals surface area contributed by atoms with E-state index >= 15 is 0 Å². The van der Waals surface area contributed by atoms with Gasteiger partial charge in [0.25, 0.3) is 0 Å². The Morgan fingerprint density at radius 2 is 1.67 bits per heavy atom. The van der Waals surface area contributed by atoms with Crippen molar-refractivity contribution in [2.75, 3.05) is 13.7 Å². The third-order valence-electron chi connectivity index (χ3n) is 4.28. The van der Waals surface area contributed by atoms with Crippen LogP contribution in [0.1, 0.15) is 37.8 Å². The molecule has 0 fully saturated rings. The summed E-state index contributed by atoms with van der Waals surface area (Å²) in [5.74, 6) is 0.200. The quantitative estimate of drug-likeness (QED) is 0.644. The second-order valence-electron chi connectivity index (χ2n) is 6.19. The highest BCUT2D eigenvalue weighted by Gasteiger charge is 2.39. The van der Waals surface area contributed by atoms with Crippen LogP contribution in [0, 0.1) is 0 Å². The summed E-state index contributed by atoms with van der Waals surface area (Å²) < 4.78 is 11.6. The highest BCUT2D eigenvalue weighted by atomic mass is 79.9. The van der Waals surface area contributed by atoms with Crippen LogP contribution < -0.4 is 4.74 Å². The van der Waals surface area contributed by atoms with Gasteiger partial charge in [-0.3, -0.25) is 4.79 Å². The van der Waals surface area contributed by atoms with Gasteiger partial charge in [0, 0.05) is 9.89 Å². The van der Waals surface area contributed by atoms with Crippen LogP contribution in [0.2, 0.25) is 0 Å². The largest absolute Gasteiger partial charge is 0.497 e. The molecule has 2 aromatic rings. The smallest absolute Gasteiger partial charge is 0.314 e. The summed E-state index contributed by atoms with van der Waals surface area (Å²) in [6, 6.07) is 15.7. The number of hydrogen-bond donors (Lipinski definition) is 0. The third-order valence-corrected chi connectivity index (χ3v) is 4.81. The molecular weight excluding hydrogens is 368 g/mol. The molecule has 1 atom stereocenters. The molecule has 0 bridgehead atoms. The maximum absolute atomic E-state index is 12.7. The van der Waals surface area contributed by atoms with E-state index in [0.29, 0.717) is 6.61 Å². The molecular formula is C20H23BrO3. The van der Waals surface area contributed by atoms with Gasteiger partial charge in [-0.1, -0.05) is 54.0 Å². The van der Waals surface area contributed by atoms with Gasteiger partial charge in [-0.15, -0.1) is 0 Å². The van der Waals surface area contributed by atoms with Crippen LogP contribution in [0.4, 0.5) is 0 Å². The fourth-order valence-electron chi connectivity index (χ4n) is 2.92. The van der Waals surface area contributed by atoms with Crippen molar-refractivity contribution in [3.8, 4) is 5.75 Å². The number of halogens is 1. The molecule has 0 aliphatic rings. The monoisotopic (exact) mass is 390 g/mol. The van der Waals surface area contributed by atoms with E-state index in [1.54, 1.807) is 7.11 Å². The molecule has 0 radical (unpaired) electrons. The molecule has 3 nitrogen and oxygen atoms in total. The van der Waals surface area contributed by atoms with E-state index in [1.807, 2.05) is 55.5 Å². The van der Waals surface area contributed by atoms with Crippen molar-refractivity contribution in [3.05, 3.63) is 64.1 Å². The Labute approximate surface area is 152 Å². The molecule has 24 heavy (non-hydrogen) atoms. The number of methoxy groups -OCH3 is 1. The zero-order valence-corrected chi connectivity index (χ0v) is 16.1. The number of hydrogen-bond acceptors (Lipinski definition) is 3. The van der Waals surface area contributed by atoms with Gasteiger partial charge in [0.05, 0.1) is 19.6 Å². The molecule has 2 rings (SSSR count). The van der Waals surface area contributed by atoms with Crippen molar-refractivity contribution in [2.45, 2.75) is 32.1 Å². The lowest BCUT2D eigenvalue weighted by molar-refractivity contribution is -0.146. The van der Waals surface area contributed by atoms with Crippen LogP contribution in [0.15, 0.2) is 53.0 Å². The first-order chi connectivity index (χ1) is 11.4. The first-order valence-corrected chi connectivity index (χ1v) is 8.76. The highest BCUT2D eigenvalue weighted by molar-refractivity contribution is 9.10. The van der Waals surface area contributed by atoms with E-state index in [1.165, 1.54) is 0 Å². The van der Waals surface area contributed by atoms with Crippen molar-refractivity contribution in [3.63, 3.8) is 0 Å². The van der Waals surface area contributed by atoms with Crippen LogP contribution in [0.25, 0.3) is 0 Å². The van der Waals surface area contributed by atoms with Crippen LogP contribution in [-0.2, 0) is 14.9 Å². The Morgan fingerprint density at radius 3 is 2.17 bits per heavy atom. The topological polar surface area (TPSA) is 35.5 Å². The summed E-state index contributed by atoms with van der Waals surface area (Å²) >= 11 is 3.44. The second kappa shape index (κ2) is 7.84. The first-order valence-electron chi connectivity index (χ1n) is 7.96. The molecule has 0 unspecified atom stereocenters. The van der Waals surface area contributed by atoms with E-state index in [2.05, 4.69) is 29.8 Å². The number of carbonyl (C=O) groups excluding carboxylic acids is 1. The molecule has 0 aliphatic heterocycles. The number of ether oxygens (including phenoxy) is 2. The van der Waals surface area contributed by atoms with Gasteiger partial charge < -0.3 is 9.47 Å². The van der Waals surface area contributed by atoms with Gasteiger partial charge >= 0.3 is 5.97 Å². The maximum atomic E-state index is 12.7. The van der Waals surface area contributed by atoms with Crippen LogP contribution >= 0.6 is 15.9 Å². The lowest BCUT2D eigenvalue weighted by atomic mass is 9.70. The second-order valence-corrected chi connectivity index (χ2v) is 7.10. The van der Waals surface area contributed by atoms with Gasteiger partial charge in [-0.25, -0.2) is 0 Å². The molecule has 0 heterocycles.